The van der Waals surface area contributed by atoms with Crippen molar-refractivity contribution in [1.82, 2.24) is 25.0 Å². The second-order valence-corrected chi connectivity index (χ2v) is 4.11. The lowest BCUT2D eigenvalue weighted by atomic mass is 10.2. The molecule has 0 radical (unpaired) electrons. The van der Waals surface area contributed by atoms with Crippen LogP contribution in [0.2, 0.25) is 0 Å². The smallest absolute Gasteiger partial charge is 0.151 e. The zero-order chi connectivity index (χ0) is 12.5. The summed E-state index contributed by atoms with van der Waals surface area (Å²) in [7, 11) is 1.90. The van der Waals surface area contributed by atoms with Crippen LogP contribution in [0.1, 0.15) is 5.82 Å². The van der Waals surface area contributed by atoms with Crippen LogP contribution in [0, 0.1) is 0 Å². The number of benzene rings is 1. The summed E-state index contributed by atoms with van der Waals surface area (Å²) >= 11 is 0. The number of aromatic amines is 1. The Morgan fingerprint density at radius 3 is 3.11 bits per heavy atom. The lowest BCUT2D eigenvalue weighted by Gasteiger charge is -2.08. The van der Waals surface area contributed by atoms with Gasteiger partial charge in [-0.2, -0.15) is 5.10 Å². The summed E-state index contributed by atoms with van der Waals surface area (Å²) in [5.41, 5.74) is 8.47. The van der Waals surface area contributed by atoms with E-state index in [0.29, 0.717) is 12.2 Å². The maximum absolute atomic E-state index is 5.98. The summed E-state index contributed by atoms with van der Waals surface area (Å²) in [5, 5.41) is 19.0. The Labute approximate surface area is 103 Å². The van der Waals surface area contributed by atoms with E-state index in [4.69, 9.17) is 5.73 Å². The van der Waals surface area contributed by atoms with Crippen molar-refractivity contribution in [2.45, 2.75) is 6.54 Å². The third-order valence-electron chi connectivity index (χ3n) is 2.85. The predicted octanol–water partition coefficient (Wildman–Crippen LogP) is 0.886. The number of aromatic nitrogens is 5. The molecule has 4 N–H and O–H groups in total. The molecular formula is C11H13N7. The number of nitrogens with one attached hydrogen (secondary N) is 2. The van der Waals surface area contributed by atoms with Gasteiger partial charge in [0.25, 0.3) is 0 Å². The predicted molar refractivity (Wildman–Crippen MR) is 68.8 cm³/mol. The summed E-state index contributed by atoms with van der Waals surface area (Å²) in [6, 6.07) is 3.83. The topological polar surface area (TPSA) is 97.4 Å². The first-order valence-electron chi connectivity index (χ1n) is 5.53. The molecule has 0 bridgehead atoms. The zero-order valence-corrected chi connectivity index (χ0v) is 9.88. The molecule has 0 saturated heterocycles. The van der Waals surface area contributed by atoms with Crippen molar-refractivity contribution >= 4 is 22.3 Å². The van der Waals surface area contributed by atoms with Crippen LogP contribution in [-0.2, 0) is 13.6 Å². The van der Waals surface area contributed by atoms with E-state index in [1.54, 1.807) is 12.5 Å². The average Bonchev–Trinajstić information content (AvgIpc) is 2.95. The molecule has 92 valence electrons. The number of nitrogens with zero attached hydrogens (tertiary/aromatic N) is 4. The first-order chi connectivity index (χ1) is 8.74. The van der Waals surface area contributed by atoms with Gasteiger partial charge in [-0.3, -0.25) is 5.10 Å². The molecule has 0 amide bonds. The van der Waals surface area contributed by atoms with E-state index in [0.717, 1.165) is 22.4 Å². The highest BCUT2D eigenvalue weighted by Crippen LogP contribution is 2.24. The first-order valence-corrected chi connectivity index (χ1v) is 5.53. The van der Waals surface area contributed by atoms with Gasteiger partial charge in [0, 0.05) is 12.4 Å². The van der Waals surface area contributed by atoms with E-state index in [-0.39, 0.29) is 0 Å². The average molecular weight is 243 g/mol. The molecule has 0 aliphatic rings. The normalized spacial score (nSPS) is 10.9. The van der Waals surface area contributed by atoms with Crippen molar-refractivity contribution in [1.29, 1.82) is 0 Å². The quantitative estimate of drug-likeness (QED) is 0.593. The van der Waals surface area contributed by atoms with Gasteiger partial charge in [-0.15, -0.1) is 10.2 Å². The lowest BCUT2D eigenvalue weighted by molar-refractivity contribution is 0.812. The highest BCUT2D eigenvalue weighted by atomic mass is 15.3. The molecule has 1 aromatic carbocycles. The third kappa shape index (κ3) is 1.75. The Morgan fingerprint density at radius 2 is 2.33 bits per heavy atom. The summed E-state index contributed by atoms with van der Waals surface area (Å²) in [6.07, 6.45) is 3.41. The Morgan fingerprint density at radius 1 is 1.44 bits per heavy atom. The van der Waals surface area contributed by atoms with Crippen LogP contribution in [0.15, 0.2) is 24.7 Å². The molecule has 0 aliphatic carbocycles. The Bertz CT molecular complexity index is 682. The number of rotatable bonds is 3. The largest absolute Gasteiger partial charge is 0.397 e. The van der Waals surface area contributed by atoms with Crippen LogP contribution >= 0.6 is 0 Å². The molecule has 0 fully saturated rings. The van der Waals surface area contributed by atoms with Crippen LogP contribution in [0.5, 0.6) is 0 Å². The number of nitrogen functional groups attached to an aromatic ring is 1. The number of anilines is 2. The molecule has 7 heteroatoms. The zero-order valence-electron chi connectivity index (χ0n) is 9.88. The number of H-pyrrole nitrogens is 1. The van der Waals surface area contributed by atoms with E-state index in [2.05, 4.69) is 25.7 Å². The molecule has 18 heavy (non-hydrogen) atoms. The summed E-state index contributed by atoms with van der Waals surface area (Å²) < 4.78 is 1.86. The molecule has 2 aromatic heterocycles. The van der Waals surface area contributed by atoms with Crippen LogP contribution in [-0.4, -0.2) is 25.0 Å². The van der Waals surface area contributed by atoms with Crippen LogP contribution in [0.25, 0.3) is 10.9 Å². The molecule has 0 saturated carbocycles. The fourth-order valence-electron chi connectivity index (χ4n) is 1.80. The fraction of sp³-hybridized carbons (Fsp3) is 0.182. The monoisotopic (exact) mass is 243 g/mol. The van der Waals surface area contributed by atoms with E-state index in [9.17, 15) is 0 Å². The van der Waals surface area contributed by atoms with E-state index in [1.165, 1.54) is 0 Å². The van der Waals surface area contributed by atoms with Gasteiger partial charge in [0.05, 0.1) is 29.6 Å². The standard InChI is InChI=1S/C11H13N7/c1-18-6-15-17-11(18)5-13-10-3-9-7(2-8(10)12)4-14-16-9/h2-4,6,13H,5,12H2,1H3,(H,14,16). The molecule has 3 rings (SSSR count). The highest BCUT2D eigenvalue weighted by molar-refractivity contribution is 5.88. The lowest BCUT2D eigenvalue weighted by Crippen LogP contribution is -2.07. The van der Waals surface area contributed by atoms with Gasteiger partial charge in [0.2, 0.25) is 0 Å². The maximum atomic E-state index is 5.98. The van der Waals surface area contributed by atoms with Crippen molar-refractivity contribution < 1.29 is 0 Å². The number of fused-ring (bicyclic) bond motifs is 1. The third-order valence-corrected chi connectivity index (χ3v) is 2.85. The number of hydrogen-bond donors (Lipinski definition) is 3. The second-order valence-electron chi connectivity index (χ2n) is 4.11. The SMILES string of the molecule is Cn1cnnc1CNc1cc2[nH]ncc2cc1N. The fourth-order valence-corrected chi connectivity index (χ4v) is 1.80. The van der Waals surface area contributed by atoms with Gasteiger partial charge in [0.15, 0.2) is 5.82 Å². The molecule has 0 unspecified atom stereocenters. The summed E-state index contributed by atoms with van der Waals surface area (Å²) in [5.74, 6) is 0.846. The van der Waals surface area contributed by atoms with Gasteiger partial charge >= 0.3 is 0 Å². The number of aryl methyl sites for hydroxylation is 1. The molecule has 0 aliphatic heterocycles. The van der Waals surface area contributed by atoms with E-state index < -0.39 is 0 Å². The summed E-state index contributed by atoms with van der Waals surface area (Å²) in [6.45, 7) is 0.570. The minimum Gasteiger partial charge on any atom is -0.397 e. The molecule has 0 atom stereocenters. The molecule has 3 aromatic rings. The van der Waals surface area contributed by atoms with Crippen molar-refractivity contribution in [3.05, 3.63) is 30.5 Å². The minimum absolute atomic E-state index is 0.570. The Balaban J connectivity index is 1.86. The molecule has 2 heterocycles. The maximum Gasteiger partial charge on any atom is 0.151 e. The number of nitrogens with two attached hydrogens (primary N) is 1. The molecule has 7 nitrogen and oxygen atoms in total. The summed E-state index contributed by atoms with van der Waals surface area (Å²) in [4.78, 5) is 0. The van der Waals surface area contributed by atoms with Crippen LogP contribution < -0.4 is 11.1 Å². The van der Waals surface area contributed by atoms with Gasteiger partial charge in [-0.1, -0.05) is 0 Å². The van der Waals surface area contributed by atoms with Crippen LogP contribution in [0.3, 0.4) is 0 Å². The van der Waals surface area contributed by atoms with Gasteiger partial charge in [0.1, 0.15) is 6.33 Å². The number of hydrogen-bond acceptors (Lipinski definition) is 5. The highest BCUT2D eigenvalue weighted by Gasteiger charge is 2.05. The van der Waals surface area contributed by atoms with Crippen molar-refractivity contribution in [2.75, 3.05) is 11.1 Å². The van der Waals surface area contributed by atoms with Crippen molar-refractivity contribution in [2.24, 2.45) is 7.05 Å². The molecular weight excluding hydrogens is 230 g/mol. The molecule has 0 spiro atoms. The Kier molecular flexibility index (Phi) is 2.36. The van der Waals surface area contributed by atoms with E-state index >= 15 is 0 Å². The van der Waals surface area contributed by atoms with Crippen molar-refractivity contribution in [3.63, 3.8) is 0 Å². The van der Waals surface area contributed by atoms with Gasteiger partial charge < -0.3 is 15.6 Å². The van der Waals surface area contributed by atoms with Crippen molar-refractivity contribution in [3.8, 4) is 0 Å². The van der Waals surface area contributed by atoms with Gasteiger partial charge in [-0.25, -0.2) is 0 Å². The van der Waals surface area contributed by atoms with E-state index in [1.807, 2.05) is 23.7 Å². The van der Waals surface area contributed by atoms with Gasteiger partial charge in [-0.05, 0) is 12.1 Å². The minimum atomic E-state index is 0.570. The van der Waals surface area contributed by atoms with Crippen LogP contribution in [0.4, 0.5) is 11.4 Å². The Hall–Kier alpha value is -2.57. The first kappa shape index (κ1) is 10.6. The second kappa shape index (κ2) is 4.02.